The van der Waals surface area contributed by atoms with E-state index in [1.165, 1.54) is 13.8 Å². The van der Waals surface area contributed by atoms with Gasteiger partial charge in [-0.3, -0.25) is 0 Å². The molecule has 0 unspecified atom stereocenters. The van der Waals surface area contributed by atoms with Gasteiger partial charge < -0.3 is 31.3 Å². The number of rotatable bonds is 2. The van der Waals surface area contributed by atoms with Crippen LogP contribution in [0.25, 0.3) is 0 Å². The molecule has 0 heterocycles. The standard InChI is InChI=1S/2C3H7NO2.2Na/c2*1-2(4)3(5)6;;/h2*2H,4H2,1H3,(H,5,6);;/q;;2*+1/p-2/t2*2-;;/m00../s1. The molecule has 0 fully saturated rings. The minimum absolute atomic E-state index is 0. The van der Waals surface area contributed by atoms with E-state index in [2.05, 4.69) is 0 Å². The van der Waals surface area contributed by atoms with Crippen LogP contribution >= 0.6 is 0 Å². The third-order valence-electron chi connectivity index (χ3n) is 0.744. The van der Waals surface area contributed by atoms with Crippen molar-refractivity contribution >= 4 is 11.9 Å². The van der Waals surface area contributed by atoms with Crippen molar-refractivity contribution in [3.05, 3.63) is 0 Å². The maximum Gasteiger partial charge on any atom is 1.00 e. The molecule has 0 rings (SSSR count). The van der Waals surface area contributed by atoms with Gasteiger partial charge in [-0.25, -0.2) is 0 Å². The second-order valence-corrected chi connectivity index (χ2v) is 2.22. The maximum absolute atomic E-state index is 9.46. The summed E-state index contributed by atoms with van der Waals surface area (Å²) in [6, 6.07) is -1.69. The first-order chi connectivity index (χ1) is 5.29. The van der Waals surface area contributed by atoms with Crippen molar-refractivity contribution in [2.75, 3.05) is 0 Å². The van der Waals surface area contributed by atoms with Crippen molar-refractivity contribution < 1.29 is 78.9 Å². The molecule has 4 N–H and O–H groups in total. The van der Waals surface area contributed by atoms with Gasteiger partial charge in [-0.1, -0.05) is 0 Å². The van der Waals surface area contributed by atoms with E-state index in [1.54, 1.807) is 0 Å². The number of carboxylic acids is 2. The number of aliphatic carboxylic acids is 2. The summed E-state index contributed by atoms with van der Waals surface area (Å²) in [5.41, 5.74) is 9.55. The Bertz CT molecular complexity index is 146. The van der Waals surface area contributed by atoms with E-state index >= 15 is 0 Å². The number of hydrogen-bond donors (Lipinski definition) is 2. The van der Waals surface area contributed by atoms with Crippen LogP contribution in [0.3, 0.4) is 0 Å². The van der Waals surface area contributed by atoms with Crippen molar-refractivity contribution in [2.45, 2.75) is 25.9 Å². The van der Waals surface area contributed by atoms with Gasteiger partial charge >= 0.3 is 59.1 Å². The summed E-state index contributed by atoms with van der Waals surface area (Å²) in [4.78, 5) is 18.9. The van der Waals surface area contributed by atoms with E-state index in [0.717, 1.165) is 0 Å². The SMILES string of the molecule is C[C@H](N)C(=O)[O-].C[C@H](N)C(=O)[O-].[Na+].[Na+]. The van der Waals surface area contributed by atoms with Gasteiger partial charge in [0, 0.05) is 12.1 Å². The average molecular weight is 222 g/mol. The Balaban J connectivity index is -0.0000000625. The molecule has 72 valence electrons. The van der Waals surface area contributed by atoms with Crippen LogP contribution in [-0.2, 0) is 9.59 Å². The summed E-state index contributed by atoms with van der Waals surface area (Å²) < 4.78 is 0. The molecule has 0 radical (unpaired) electrons. The van der Waals surface area contributed by atoms with Gasteiger partial charge in [0.05, 0.1) is 11.9 Å². The van der Waals surface area contributed by atoms with Gasteiger partial charge in [0.2, 0.25) is 0 Å². The summed E-state index contributed by atoms with van der Waals surface area (Å²) in [5, 5.41) is 18.9. The first kappa shape index (κ1) is 24.2. The number of carbonyl (C=O) groups is 2. The minimum atomic E-state index is -1.21. The van der Waals surface area contributed by atoms with Gasteiger partial charge in [-0.15, -0.1) is 0 Å². The van der Waals surface area contributed by atoms with Crippen molar-refractivity contribution in [1.82, 2.24) is 0 Å². The average Bonchev–Trinajstić information content (AvgIpc) is 1.88. The van der Waals surface area contributed by atoms with Gasteiger partial charge in [-0.2, -0.15) is 0 Å². The summed E-state index contributed by atoms with van der Waals surface area (Å²) in [5.74, 6) is -2.43. The first-order valence-corrected chi connectivity index (χ1v) is 3.22. The van der Waals surface area contributed by atoms with Crippen LogP contribution in [0.15, 0.2) is 0 Å². The van der Waals surface area contributed by atoms with Crippen LogP contribution in [0.4, 0.5) is 0 Å². The molecule has 0 bridgehead atoms. The molecular weight excluding hydrogens is 210 g/mol. The van der Waals surface area contributed by atoms with Crippen LogP contribution in [0, 0.1) is 0 Å². The Morgan fingerprint density at radius 3 is 1.00 bits per heavy atom. The first-order valence-electron chi connectivity index (χ1n) is 3.22. The molecule has 8 heteroatoms. The van der Waals surface area contributed by atoms with Gasteiger partial charge in [0.1, 0.15) is 0 Å². The van der Waals surface area contributed by atoms with E-state index in [1.807, 2.05) is 0 Å². The van der Waals surface area contributed by atoms with E-state index in [-0.39, 0.29) is 59.1 Å². The van der Waals surface area contributed by atoms with Gasteiger partial charge in [0.25, 0.3) is 0 Å². The summed E-state index contributed by atoms with van der Waals surface area (Å²) in [6.45, 7) is 2.71. The Labute approximate surface area is 127 Å². The van der Waals surface area contributed by atoms with E-state index < -0.39 is 24.0 Å². The molecule has 0 aromatic carbocycles. The predicted molar refractivity (Wildman–Crippen MR) is 37.3 cm³/mol. The normalized spacial score (nSPS) is 11.7. The zero-order valence-corrected chi connectivity index (χ0v) is 12.9. The molecule has 2 atom stereocenters. The number of carboxylic acid groups (broad SMARTS) is 2. The van der Waals surface area contributed by atoms with Crippen LogP contribution in [0.1, 0.15) is 13.8 Å². The Morgan fingerprint density at radius 2 is 1.00 bits per heavy atom. The van der Waals surface area contributed by atoms with Crippen molar-refractivity contribution in [3.63, 3.8) is 0 Å². The van der Waals surface area contributed by atoms with E-state index in [9.17, 15) is 19.8 Å². The largest absolute Gasteiger partial charge is 1.00 e. The molecule has 6 nitrogen and oxygen atoms in total. The number of carbonyl (C=O) groups excluding carboxylic acids is 2. The molecule has 0 aromatic heterocycles. The molecule has 14 heavy (non-hydrogen) atoms. The van der Waals surface area contributed by atoms with E-state index in [4.69, 9.17) is 11.5 Å². The number of hydrogen-bond acceptors (Lipinski definition) is 6. The topological polar surface area (TPSA) is 132 Å². The van der Waals surface area contributed by atoms with Crippen molar-refractivity contribution in [3.8, 4) is 0 Å². The van der Waals surface area contributed by atoms with Crippen LogP contribution in [-0.4, -0.2) is 24.0 Å². The fourth-order valence-electron chi connectivity index (χ4n) is 0. The molecule has 0 aliphatic heterocycles. The fraction of sp³-hybridized carbons (Fsp3) is 0.667. The Morgan fingerprint density at radius 1 is 0.929 bits per heavy atom. The molecular formula is C6H12N2Na2O4. The minimum Gasteiger partial charge on any atom is -0.548 e. The number of nitrogens with two attached hydrogens (primary N) is 2. The summed E-state index contributed by atoms with van der Waals surface area (Å²) in [6.07, 6.45) is 0. The van der Waals surface area contributed by atoms with Gasteiger partial charge in [-0.05, 0) is 13.8 Å². The maximum atomic E-state index is 9.46. The Hall–Kier alpha value is 0.860. The second kappa shape index (κ2) is 13.9. The van der Waals surface area contributed by atoms with Crippen molar-refractivity contribution in [2.24, 2.45) is 11.5 Å². The van der Waals surface area contributed by atoms with E-state index in [0.29, 0.717) is 0 Å². The molecule has 0 aliphatic carbocycles. The smallest absolute Gasteiger partial charge is 0.548 e. The van der Waals surface area contributed by atoms with Crippen LogP contribution in [0.2, 0.25) is 0 Å². The predicted octanol–water partition coefficient (Wildman–Crippen LogP) is -9.83. The second-order valence-electron chi connectivity index (χ2n) is 2.22. The van der Waals surface area contributed by atoms with Crippen LogP contribution < -0.4 is 80.8 Å². The zero-order chi connectivity index (χ0) is 10.3. The zero-order valence-electron chi connectivity index (χ0n) is 8.94. The summed E-state index contributed by atoms with van der Waals surface area (Å²) in [7, 11) is 0. The third kappa shape index (κ3) is 23.0. The monoisotopic (exact) mass is 222 g/mol. The molecule has 0 aliphatic rings. The quantitative estimate of drug-likeness (QED) is 0.446. The molecule has 0 aromatic rings. The van der Waals surface area contributed by atoms with Crippen molar-refractivity contribution in [1.29, 1.82) is 0 Å². The fourth-order valence-corrected chi connectivity index (χ4v) is 0. The molecule has 0 saturated carbocycles. The van der Waals surface area contributed by atoms with Crippen LogP contribution in [0.5, 0.6) is 0 Å². The molecule has 0 amide bonds. The molecule has 0 spiro atoms. The Kier molecular flexibility index (Phi) is 24.0. The van der Waals surface area contributed by atoms with Gasteiger partial charge in [0.15, 0.2) is 0 Å². The third-order valence-corrected chi connectivity index (χ3v) is 0.744. The molecule has 0 saturated heterocycles. The summed E-state index contributed by atoms with van der Waals surface area (Å²) >= 11 is 0.